The van der Waals surface area contributed by atoms with Crippen LogP contribution in [0.2, 0.25) is 5.02 Å². The smallest absolute Gasteiger partial charge is 0.174 e. The summed E-state index contributed by atoms with van der Waals surface area (Å²) in [5, 5.41) is 5.04. The molecule has 2 aromatic carbocycles. The van der Waals surface area contributed by atoms with Gasteiger partial charge in [0.1, 0.15) is 5.75 Å². The van der Waals surface area contributed by atoms with E-state index in [1.54, 1.807) is 0 Å². The van der Waals surface area contributed by atoms with E-state index in [4.69, 9.17) is 33.5 Å². The highest BCUT2D eigenvalue weighted by atomic mass is 35.5. The number of ether oxygens (including phenoxy) is 1. The highest BCUT2D eigenvalue weighted by Crippen LogP contribution is 2.44. The first-order valence-electron chi connectivity index (χ1n) is 13.6. The Bertz CT molecular complexity index is 1490. The molecule has 0 amide bonds. The zero-order chi connectivity index (χ0) is 27.1. The molecule has 2 atom stereocenters. The number of hydrogen-bond donors (Lipinski definition) is 1. The van der Waals surface area contributed by atoms with Crippen LogP contribution >= 0.6 is 23.8 Å². The van der Waals surface area contributed by atoms with Crippen molar-refractivity contribution in [3.05, 3.63) is 106 Å². The van der Waals surface area contributed by atoms with Gasteiger partial charge in [0.25, 0.3) is 0 Å². The number of aryl methyl sites for hydroxylation is 1. The maximum absolute atomic E-state index is 6.53. The van der Waals surface area contributed by atoms with Gasteiger partial charge in [-0.1, -0.05) is 23.7 Å². The van der Waals surface area contributed by atoms with Gasteiger partial charge < -0.3 is 19.5 Å². The van der Waals surface area contributed by atoms with Crippen molar-refractivity contribution in [1.29, 1.82) is 0 Å². The molecule has 1 aliphatic carbocycles. The molecule has 6 rings (SSSR count). The third-order valence-corrected chi connectivity index (χ3v) is 8.81. The Balaban J connectivity index is 1.43. The van der Waals surface area contributed by atoms with Crippen molar-refractivity contribution in [2.24, 2.45) is 0 Å². The molecular formula is C32H33ClN4OS. The van der Waals surface area contributed by atoms with Gasteiger partial charge in [-0.15, -0.1) is 0 Å². The molecule has 0 spiro atoms. The summed E-state index contributed by atoms with van der Waals surface area (Å²) in [4.78, 5) is 6.95. The van der Waals surface area contributed by atoms with Crippen LogP contribution in [0.15, 0.2) is 72.9 Å². The van der Waals surface area contributed by atoms with Crippen molar-refractivity contribution in [2.45, 2.75) is 64.6 Å². The maximum atomic E-state index is 6.53. The number of rotatable bonds is 6. The van der Waals surface area contributed by atoms with E-state index in [-0.39, 0.29) is 12.1 Å². The molecule has 1 saturated heterocycles. The van der Waals surface area contributed by atoms with Gasteiger partial charge in [0.05, 0.1) is 23.9 Å². The van der Waals surface area contributed by atoms with E-state index in [1.165, 1.54) is 18.4 Å². The average Bonchev–Trinajstić information content (AvgIpc) is 3.65. The van der Waals surface area contributed by atoms with Gasteiger partial charge in [-0.25, -0.2) is 0 Å². The Morgan fingerprint density at radius 3 is 2.46 bits per heavy atom. The molecule has 5 nitrogen and oxygen atoms in total. The summed E-state index contributed by atoms with van der Waals surface area (Å²) in [7, 11) is 0. The van der Waals surface area contributed by atoms with Crippen LogP contribution in [0.1, 0.15) is 66.0 Å². The first-order chi connectivity index (χ1) is 18.9. The van der Waals surface area contributed by atoms with Gasteiger partial charge in [0.15, 0.2) is 5.11 Å². The molecule has 0 unspecified atom stereocenters. The van der Waals surface area contributed by atoms with Crippen molar-refractivity contribution >= 4 is 34.6 Å². The minimum atomic E-state index is -0.109. The molecule has 39 heavy (non-hydrogen) atoms. The quantitative estimate of drug-likeness (QED) is 0.244. The summed E-state index contributed by atoms with van der Waals surface area (Å²) in [6.07, 6.45) is 6.94. The number of benzene rings is 2. The van der Waals surface area contributed by atoms with E-state index in [0.717, 1.165) is 57.6 Å². The lowest BCUT2D eigenvalue weighted by Gasteiger charge is -2.28. The van der Waals surface area contributed by atoms with Crippen LogP contribution in [0.4, 0.5) is 5.69 Å². The summed E-state index contributed by atoms with van der Waals surface area (Å²) in [6, 6.07) is 22.6. The van der Waals surface area contributed by atoms with Crippen LogP contribution in [0.3, 0.4) is 0 Å². The lowest BCUT2D eigenvalue weighted by molar-refractivity contribution is 0.210. The average molecular weight is 557 g/mol. The zero-order valence-electron chi connectivity index (χ0n) is 22.5. The molecule has 1 saturated carbocycles. The predicted molar refractivity (Wildman–Crippen MR) is 162 cm³/mol. The molecule has 0 radical (unpaired) electrons. The van der Waals surface area contributed by atoms with Crippen LogP contribution < -0.4 is 15.0 Å². The molecule has 2 fully saturated rings. The van der Waals surface area contributed by atoms with Crippen LogP contribution in [0.5, 0.6) is 5.75 Å². The van der Waals surface area contributed by atoms with Gasteiger partial charge in [-0.3, -0.25) is 4.98 Å². The number of nitrogens with zero attached hydrogens (tertiary/aromatic N) is 3. The van der Waals surface area contributed by atoms with Crippen LogP contribution in [-0.4, -0.2) is 20.8 Å². The molecule has 2 aliphatic rings. The van der Waals surface area contributed by atoms with Gasteiger partial charge in [0, 0.05) is 34.0 Å². The molecule has 2 aromatic heterocycles. The molecule has 1 N–H and O–H groups in total. The second-order valence-electron chi connectivity index (χ2n) is 10.6. The Morgan fingerprint density at radius 1 is 0.974 bits per heavy atom. The third kappa shape index (κ3) is 4.81. The predicted octanol–water partition coefficient (Wildman–Crippen LogP) is 7.95. The van der Waals surface area contributed by atoms with Crippen molar-refractivity contribution in [2.75, 3.05) is 4.90 Å². The number of pyridine rings is 1. The van der Waals surface area contributed by atoms with Gasteiger partial charge in [0.2, 0.25) is 0 Å². The highest BCUT2D eigenvalue weighted by molar-refractivity contribution is 7.80. The molecule has 200 valence electrons. The summed E-state index contributed by atoms with van der Waals surface area (Å²) < 4.78 is 8.53. The first-order valence-corrected chi connectivity index (χ1v) is 14.4. The molecule has 0 bridgehead atoms. The Kier molecular flexibility index (Phi) is 7.08. The van der Waals surface area contributed by atoms with Crippen molar-refractivity contribution in [1.82, 2.24) is 14.9 Å². The van der Waals surface area contributed by atoms with Gasteiger partial charge >= 0.3 is 0 Å². The lowest BCUT2D eigenvalue weighted by atomic mass is 9.96. The summed E-state index contributed by atoms with van der Waals surface area (Å²) >= 11 is 12.5. The Morgan fingerprint density at radius 2 is 1.74 bits per heavy atom. The molecular weight excluding hydrogens is 524 g/mol. The number of aromatic nitrogens is 2. The fourth-order valence-electron chi connectivity index (χ4n) is 6.13. The van der Waals surface area contributed by atoms with E-state index in [1.807, 2.05) is 30.5 Å². The second kappa shape index (κ2) is 10.7. The molecule has 1 aliphatic heterocycles. The minimum absolute atomic E-state index is 0.0894. The minimum Gasteiger partial charge on any atom is -0.490 e. The maximum Gasteiger partial charge on any atom is 0.174 e. The Labute approximate surface area is 240 Å². The highest BCUT2D eigenvalue weighted by Gasteiger charge is 2.42. The Hall–Kier alpha value is -3.35. The number of anilines is 1. The van der Waals surface area contributed by atoms with E-state index in [0.29, 0.717) is 11.2 Å². The lowest BCUT2D eigenvalue weighted by Crippen LogP contribution is -2.29. The topological polar surface area (TPSA) is 42.3 Å². The number of nitrogens with one attached hydrogen (secondary N) is 1. The van der Waals surface area contributed by atoms with Gasteiger partial charge in [-0.05, 0) is 124 Å². The molecule has 7 heteroatoms. The summed E-state index contributed by atoms with van der Waals surface area (Å²) in [5.74, 6) is 0.913. The van der Waals surface area contributed by atoms with E-state index >= 15 is 0 Å². The van der Waals surface area contributed by atoms with E-state index in [2.05, 4.69) is 78.0 Å². The monoisotopic (exact) mass is 556 g/mol. The summed E-state index contributed by atoms with van der Waals surface area (Å²) in [6.45, 7) is 6.39. The van der Waals surface area contributed by atoms with Gasteiger partial charge in [-0.2, -0.15) is 0 Å². The van der Waals surface area contributed by atoms with Crippen LogP contribution in [0, 0.1) is 20.8 Å². The van der Waals surface area contributed by atoms with Crippen LogP contribution in [-0.2, 0) is 0 Å². The molecule has 4 aromatic rings. The first kappa shape index (κ1) is 25.9. The zero-order valence-corrected chi connectivity index (χ0v) is 24.1. The van der Waals surface area contributed by atoms with Crippen molar-refractivity contribution in [3.8, 4) is 11.4 Å². The summed E-state index contributed by atoms with van der Waals surface area (Å²) in [5.41, 5.74) is 7.62. The largest absolute Gasteiger partial charge is 0.490 e. The number of halogens is 1. The standard InChI is InChI=1S/C32H33ClN4OS/c1-20-19-26(22(3)36(20)29-13-8-11-27(33)21(29)2)31-30(28-12-6-7-18-34-28)35-32(39)37(31)23-14-16-25(17-15-23)38-24-9-4-5-10-24/h6-8,11-19,24,30-31H,4-5,9-10H2,1-3H3,(H,35,39)/t30-,31-/m0/s1. The van der Waals surface area contributed by atoms with E-state index < -0.39 is 0 Å². The normalized spacial score (nSPS) is 19.5. The second-order valence-corrected chi connectivity index (χ2v) is 11.4. The van der Waals surface area contributed by atoms with Crippen LogP contribution in [0.25, 0.3) is 5.69 Å². The van der Waals surface area contributed by atoms with Crippen molar-refractivity contribution < 1.29 is 4.74 Å². The fraction of sp³-hybridized carbons (Fsp3) is 0.312. The number of hydrogen-bond acceptors (Lipinski definition) is 3. The number of thiocarbonyl (C=S) groups is 1. The van der Waals surface area contributed by atoms with E-state index in [9.17, 15) is 0 Å². The third-order valence-electron chi connectivity index (χ3n) is 8.09. The van der Waals surface area contributed by atoms with Crippen molar-refractivity contribution in [3.63, 3.8) is 0 Å². The fourth-order valence-corrected chi connectivity index (χ4v) is 6.64. The molecule has 3 heterocycles. The SMILES string of the molecule is Cc1c(Cl)cccc1-n1c(C)cc([C@H]2[C@H](c3ccccn3)NC(=S)N2c2ccc(OC3CCCC3)cc2)c1C.